The lowest BCUT2D eigenvalue weighted by molar-refractivity contribution is -0.149. The van der Waals surface area contributed by atoms with Gasteiger partial charge in [0.05, 0.1) is 6.26 Å². The quantitative estimate of drug-likeness (QED) is 0.827. The Hall–Kier alpha value is -2.44. The molecule has 2 bridgehead atoms. The van der Waals surface area contributed by atoms with E-state index >= 15 is 0 Å². The molecule has 1 amide bonds. The average molecular weight is 318 g/mol. The molecule has 7 heteroatoms. The highest BCUT2D eigenvalue weighted by Crippen LogP contribution is 2.69. The lowest BCUT2D eigenvalue weighted by Gasteiger charge is -2.36. The van der Waals surface area contributed by atoms with Crippen LogP contribution in [0.5, 0.6) is 0 Å². The first kappa shape index (κ1) is 15.5. The van der Waals surface area contributed by atoms with E-state index < -0.39 is 28.1 Å². The van der Waals surface area contributed by atoms with Crippen molar-refractivity contribution in [2.45, 2.75) is 33.6 Å². The lowest BCUT2D eigenvalue weighted by atomic mass is 9.65. The zero-order valence-corrected chi connectivity index (χ0v) is 13.2. The molecule has 1 aromatic rings. The maximum absolute atomic E-state index is 12.7. The molecule has 23 heavy (non-hydrogen) atoms. The molecule has 2 atom stereocenters. The number of Topliss-reactive ketones (excluding diaryl/α,β-unsaturated/α-hetero) is 1. The van der Waals surface area contributed by atoms with E-state index in [1.165, 1.54) is 12.3 Å². The van der Waals surface area contributed by atoms with E-state index in [1.54, 1.807) is 26.8 Å². The predicted octanol–water partition coefficient (Wildman–Crippen LogP) is 1.85. The smallest absolute Gasteiger partial charge is 0.316 e. The number of aliphatic carboxylic acids is 1. The monoisotopic (exact) mass is 318 g/mol. The minimum absolute atomic E-state index is 0.0415. The van der Waals surface area contributed by atoms with Crippen LogP contribution in [-0.2, 0) is 9.59 Å². The van der Waals surface area contributed by atoms with Crippen LogP contribution in [0.15, 0.2) is 27.9 Å². The van der Waals surface area contributed by atoms with Gasteiger partial charge in [0.15, 0.2) is 11.5 Å². The molecule has 2 unspecified atom stereocenters. The lowest BCUT2D eigenvalue weighted by Crippen LogP contribution is -2.45. The Bertz CT molecular complexity index is 734. The van der Waals surface area contributed by atoms with Crippen molar-refractivity contribution >= 4 is 23.4 Å². The topological polar surface area (TPSA) is 109 Å². The van der Waals surface area contributed by atoms with Crippen molar-refractivity contribution in [2.75, 3.05) is 0 Å². The number of furan rings is 1. The Kier molecular flexibility index (Phi) is 3.05. The fraction of sp³-hybridized carbons (Fsp3) is 0.500. The van der Waals surface area contributed by atoms with E-state index in [1.807, 2.05) is 0 Å². The van der Waals surface area contributed by atoms with Crippen molar-refractivity contribution in [3.05, 3.63) is 24.2 Å². The number of carboxylic acids is 1. The zero-order chi connectivity index (χ0) is 17.0. The van der Waals surface area contributed by atoms with Gasteiger partial charge in [-0.15, -0.1) is 0 Å². The maximum Gasteiger partial charge on any atom is 0.316 e. The molecule has 2 aliphatic rings. The van der Waals surface area contributed by atoms with Gasteiger partial charge in [0, 0.05) is 5.41 Å². The van der Waals surface area contributed by atoms with Crippen molar-refractivity contribution in [3.63, 3.8) is 0 Å². The highest BCUT2D eigenvalue weighted by atomic mass is 16.4. The number of rotatable bonds is 3. The Morgan fingerprint density at radius 3 is 2.57 bits per heavy atom. The summed E-state index contributed by atoms with van der Waals surface area (Å²) < 4.78 is 4.95. The van der Waals surface area contributed by atoms with Crippen LogP contribution >= 0.6 is 0 Å². The predicted molar refractivity (Wildman–Crippen MR) is 79.8 cm³/mol. The summed E-state index contributed by atoms with van der Waals surface area (Å²) in [7, 11) is 0. The molecule has 0 radical (unpaired) electrons. The molecule has 122 valence electrons. The van der Waals surface area contributed by atoms with Gasteiger partial charge in [-0.3, -0.25) is 14.4 Å². The first-order valence-electron chi connectivity index (χ1n) is 7.39. The van der Waals surface area contributed by atoms with Crippen molar-refractivity contribution < 1.29 is 23.9 Å². The molecule has 0 aliphatic heterocycles. The summed E-state index contributed by atoms with van der Waals surface area (Å²) in [5.74, 6) is -1.97. The second-order valence-corrected chi connectivity index (χ2v) is 6.88. The molecule has 0 aromatic carbocycles. The summed E-state index contributed by atoms with van der Waals surface area (Å²) in [6, 6.07) is 3.00. The number of fused-ring (bicyclic) bond motifs is 2. The number of nitrogens with one attached hydrogen (secondary N) is 1. The van der Waals surface area contributed by atoms with Gasteiger partial charge in [-0.1, -0.05) is 20.8 Å². The molecule has 0 saturated heterocycles. The van der Waals surface area contributed by atoms with Crippen molar-refractivity contribution in [1.29, 1.82) is 0 Å². The first-order valence-corrected chi connectivity index (χ1v) is 7.39. The number of hydrazone groups is 1. The van der Waals surface area contributed by atoms with Gasteiger partial charge >= 0.3 is 11.9 Å². The van der Waals surface area contributed by atoms with Crippen molar-refractivity contribution in [2.24, 2.45) is 21.3 Å². The number of amides is 1. The van der Waals surface area contributed by atoms with Crippen LogP contribution in [-0.4, -0.2) is 28.5 Å². The molecule has 1 aromatic heterocycles. The normalized spacial score (nSPS) is 33.2. The molecule has 2 saturated carbocycles. The first-order chi connectivity index (χ1) is 10.7. The summed E-state index contributed by atoms with van der Waals surface area (Å²) in [4.78, 5) is 36.7. The minimum Gasteiger partial charge on any atom is -0.481 e. The number of hydrogen-bond donors (Lipinski definition) is 2. The van der Waals surface area contributed by atoms with Crippen LogP contribution in [0.25, 0.3) is 0 Å². The highest BCUT2D eigenvalue weighted by molar-refractivity contribution is 6.50. The second kappa shape index (κ2) is 4.53. The third kappa shape index (κ3) is 1.64. The molecule has 1 heterocycles. The number of nitrogens with zero attached hydrogens (tertiary/aromatic N) is 1. The standard InChI is InChI=1S/C16H18N2O5/c1-14(2)15(3)6-7-16(14,13(21)22)10(11(15)19)17-18-12(20)9-5-4-8-23-9/h4-5,8H,6-7H2,1-3H3,(H,18,20)(H,21,22)/b17-10-. The molecule has 2 aliphatic carbocycles. The van der Waals surface area contributed by atoms with Crippen LogP contribution in [0.4, 0.5) is 0 Å². The SMILES string of the molecule is CC12CCC(C(=O)O)(/C(=N\NC(=O)c3ccco3)C1=O)C2(C)C. The van der Waals surface area contributed by atoms with Crippen LogP contribution in [0.3, 0.4) is 0 Å². The largest absolute Gasteiger partial charge is 0.481 e. The Morgan fingerprint density at radius 1 is 1.30 bits per heavy atom. The summed E-state index contributed by atoms with van der Waals surface area (Å²) in [6.07, 6.45) is 2.16. The third-order valence-electron chi connectivity index (χ3n) is 5.95. The number of carboxylic acid groups (broad SMARTS) is 1. The number of ketones is 1. The number of hydrogen-bond acceptors (Lipinski definition) is 5. The zero-order valence-electron chi connectivity index (χ0n) is 13.2. The molecule has 3 rings (SSSR count). The van der Waals surface area contributed by atoms with Gasteiger partial charge < -0.3 is 9.52 Å². The molecular formula is C16H18N2O5. The Morgan fingerprint density at radius 2 is 2.00 bits per heavy atom. The third-order valence-corrected chi connectivity index (χ3v) is 5.95. The minimum atomic E-state index is -1.38. The van der Waals surface area contributed by atoms with Crippen LogP contribution in [0.2, 0.25) is 0 Å². The average Bonchev–Trinajstić information content (AvgIpc) is 3.10. The molecule has 2 N–H and O–H groups in total. The second-order valence-electron chi connectivity index (χ2n) is 6.88. The van der Waals surface area contributed by atoms with Crippen LogP contribution < -0.4 is 5.43 Å². The van der Waals surface area contributed by atoms with Gasteiger partial charge in [0.1, 0.15) is 11.1 Å². The van der Waals surface area contributed by atoms with Crippen molar-refractivity contribution in [3.8, 4) is 0 Å². The Labute approximate surface area is 132 Å². The maximum atomic E-state index is 12.7. The highest BCUT2D eigenvalue weighted by Gasteiger charge is 2.77. The van der Waals surface area contributed by atoms with E-state index in [9.17, 15) is 19.5 Å². The van der Waals surface area contributed by atoms with Gasteiger partial charge in [0.25, 0.3) is 0 Å². The van der Waals surface area contributed by atoms with Crippen LogP contribution in [0, 0.1) is 16.2 Å². The van der Waals surface area contributed by atoms with Gasteiger partial charge in [0.2, 0.25) is 0 Å². The molecule has 7 nitrogen and oxygen atoms in total. The van der Waals surface area contributed by atoms with Crippen molar-refractivity contribution in [1.82, 2.24) is 5.43 Å². The van der Waals surface area contributed by atoms with Gasteiger partial charge in [-0.05, 0) is 30.4 Å². The van der Waals surface area contributed by atoms with Gasteiger partial charge in [-0.2, -0.15) is 5.10 Å². The van der Waals surface area contributed by atoms with E-state index in [4.69, 9.17) is 4.42 Å². The van der Waals surface area contributed by atoms with Crippen LogP contribution in [0.1, 0.15) is 44.2 Å². The summed E-state index contributed by atoms with van der Waals surface area (Å²) in [5.41, 5.74) is -0.784. The molecular weight excluding hydrogens is 300 g/mol. The fourth-order valence-corrected chi connectivity index (χ4v) is 3.99. The fourth-order valence-electron chi connectivity index (χ4n) is 3.99. The van der Waals surface area contributed by atoms with E-state index in [-0.39, 0.29) is 17.3 Å². The number of carbonyl (C=O) groups is 3. The Balaban J connectivity index is 2.02. The molecule has 2 fully saturated rings. The van der Waals surface area contributed by atoms with E-state index in [0.717, 1.165) is 0 Å². The van der Waals surface area contributed by atoms with E-state index in [0.29, 0.717) is 12.8 Å². The summed E-state index contributed by atoms with van der Waals surface area (Å²) in [6.45, 7) is 5.34. The van der Waals surface area contributed by atoms with E-state index in [2.05, 4.69) is 10.5 Å². The molecule has 0 spiro atoms. The number of carbonyl (C=O) groups excluding carboxylic acids is 2. The summed E-state index contributed by atoms with van der Waals surface area (Å²) in [5, 5.41) is 13.7. The summed E-state index contributed by atoms with van der Waals surface area (Å²) >= 11 is 0. The van der Waals surface area contributed by atoms with Gasteiger partial charge in [-0.25, -0.2) is 5.43 Å².